The Morgan fingerprint density at radius 1 is 1.63 bits per heavy atom. The molecule has 0 saturated carbocycles. The molecule has 2 rings (SSSR count). The molecule has 1 unspecified atom stereocenters. The van der Waals surface area contributed by atoms with E-state index in [9.17, 15) is 9.59 Å². The monoisotopic (exact) mass is 262 g/mol. The third-order valence-corrected chi connectivity index (χ3v) is 3.12. The van der Waals surface area contributed by atoms with E-state index < -0.39 is 6.04 Å². The van der Waals surface area contributed by atoms with Crippen molar-refractivity contribution in [1.29, 1.82) is 0 Å². The maximum atomic E-state index is 12.4. The molecule has 2 amide bonds. The number of pyridine rings is 1. The molecule has 1 aromatic heterocycles. The van der Waals surface area contributed by atoms with Gasteiger partial charge < -0.3 is 15.5 Å². The second kappa shape index (κ2) is 5.69. The van der Waals surface area contributed by atoms with Crippen LogP contribution in [-0.4, -0.2) is 47.4 Å². The van der Waals surface area contributed by atoms with E-state index in [4.69, 9.17) is 0 Å². The molecule has 6 nitrogen and oxygen atoms in total. The van der Waals surface area contributed by atoms with Crippen LogP contribution in [0.15, 0.2) is 18.3 Å². The Morgan fingerprint density at radius 3 is 3.16 bits per heavy atom. The SMILES string of the molecule is CCNc1ccnc(C(=O)N2CCNC(=O)C2C)c1. The average Bonchev–Trinajstić information content (AvgIpc) is 2.42. The van der Waals surface area contributed by atoms with E-state index >= 15 is 0 Å². The lowest BCUT2D eigenvalue weighted by atomic mass is 10.2. The summed E-state index contributed by atoms with van der Waals surface area (Å²) in [6.45, 7) is 5.49. The molecule has 1 aliphatic heterocycles. The number of carbonyl (C=O) groups excluding carboxylic acids is 2. The van der Waals surface area contributed by atoms with Gasteiger partial charge in [0, 0.05) is 31.5 Å². The van der Waals surface area contributed by atoms with Gasteiger partial charge in [-0.2, -0.15) is 0 Å². The second-order valence-electron chi connectivity index (χ2n) is 4.43. The van der Waals surface area contributed by atoms with Gasteiger partial charge in [0.05, 0.1) is 0 Å². The molecule has 102 valence electrons. The number of anilines is 1. The van der Waals surface area contributed by atoms with Crippen LogP contribution in [0.2, 0.25) is 0 Å². The van der Waals surface area contributed by atoms with E-state index in [0.717, 1.165) is 12.2 Å². The highest BCUT2D eigenvalue weighted by Gasteiger charge is 2.30. The van der Waals surface area contributed by atoms with Crippen molar-refractivity contribution < 1.29 is 9.59 Å². The Balaban J connectivity index is 2.18. The largest absolute Gasteiger partial charge is 0.385 e. The van der Waals surface area contributed by atoms with Crippen molar-refractivity contribution in [3.63, 3.8) is 0 Å². The van der Waals surface area contributed by atoms with Crippen molar-refractivity contribution in [2.45, 2.75) is 19.9 Å². The van der Waals surface area contributed by atoms with Gasteiger partial charge in [-0.25, -0.2) is 0 Å². The molecule has 1 aliphatic rings. The molecule has 0 spiro atoms. The highest BCUT2D eigenvalue weighted by Crippen LogP contribution is 2.13. The van der Waals surface area contributed by atoms with Crippen LogP contribution in [0.5, 0.6) is 0 Å². The summed E-state index contributed by atoms with van der Waals surface area (Å²) < 4.78 is 0. The average molecular weight is 262 g/mol. The van der Waals surface area contributed by atoms with Crippen molar-refractivity contribution in [1.82, 2.24) is 15.2 Å². The topological polar surface area (TPSA) is 74.3 Å². The first-order valence-corrected chi connectivity index (χ1v) is 6.42. The van der Waals surface area contributed by atoms with E-state index in [0.29, 0.717) is 18.8 Å². The van der Waals surface area contributed by atoms with Crippen molar-refractivity contribution in [3.05, 3.63) is 24.0 Å². The number of nitrogens with one attached hydrogen (secondary N) is 2. The first-order valence-electron chi connectivity index (χ1n) is 6.42. The molecule has 0 radical (unpaired) electrons. The van der Waals surface area contributed by atoms with Crippen molar-refractivity contribution in [2.24, 2.45) is 0 Å². The Labute approximate surface area is 112 Å². The molecular formula is C13H18N4O2. The van der Waals surface area contributed by atoms with Gasteiger partial charge in [0.2, 0.25) is 5.91 Å². The third-order valence-electron chi connectivity index (χ3n) is 3.12. The first-order chi connectivity index (χ1) is 9.13. The standard InChI is InChI=1S/C13H18N4O2/c1-3-14-10-4-5-15-11(8-10)13(19)17-7-6-16-12(18)9(17)2/h4-5,8-9H,3,6-7H2,1-2H3,(H,14,15)(H,16,18). The van der Waals surface area contributed by atoms with Crippen LogP contribution in [0, 0.1) is 0 Å². The summed E-state index contributed by atoms with van der Waals surface area (Å²) in [6, 6.07) is 3.07. The maximum absolute atomic E-state index is 12.4. The molecule has 1 aromatic rings. The second-order valence-corrected chi connectivity index (χ2v) is 4.43. The van der Waals surface area contributed by atoms with Crippen molar-refractivity contribution in [2.75, 3.05) is 25.0 Å². The van der Waals surface area contributed by atoms with Crippen molar-refractivity contribution in [3.8, 4) is 0 Å². The number of aromatic nitrogens is 1. The van der Waals surface area contributed by atoms with Crippen LogP contribution < -0.4 is 10.6 Å². The van der Waals surface area contributed by atoms with Gasteiger partial charge in [-0.05, 0) is 26.0 Å². The number of hydrogen-bond donors (Lipinski definition) is 2. The molecule has 1 atom stereocenters. The van der Waals surface area contributed by atoms with E-state index in [-0.39, 0.29) is 11.8 Å². The zero-order chi connectivity index (χ0) is 13.8. The summed E-state index contributed by atoms with van der Waals surface area (Å²) in [5.74, 6) is -0.329. The number of carbonyl (C=O) groups is 2. The fourth-order valence-corrected chi connectivity index (χ4v) is 2.07. The molecule has 1 saturated heterocycles. The highest BCUT2D eigenvalue weighted by atomic mass is 16.2. The number of hydrogen-bond acceptors (Lipinski definition) is 4. The van der Waals surface area contributed by atoms with Crippen LogP contribution in [0.4, 0.5) is 5.69 Å². The van der Waals surface area contributed by atoms with E-state index in [2.05, 4.69) is 15.6 Å². The first kappa shape index (κ1) is 13.3. The minimum absolute atomic E-state index is 0.123. The van der Waals surface area contributed by atoms with E-state index in [1.807, 2.05) is 13.0 Å². The highest BCUT2D eigenvalue weighted by molar-refractivity contribution is 5.97. The van der Waals surface area contributed by atoms with Crippen molar-refractivity contribution >= 4 is 17.5 Å². The summed E-state index contributed by atoms with van der Waals surface area (Å²) in [6.07, 6.45) is 1.60. The minimum Gasteiger partial charge on any atom is -0.385 e. The van der Waals surface area contributed by atoms with Gasteiger partial charge >= 0.3 is 0 Å². The predicted molar refractivity (Wildman–Crippen MR) is 71.9 cm³/mol. The minimum atomic E-state index is -0.453. The van der Waals surface area contributed by atoms with Gasteiger partial charge in [0.1, 0.15) is 11.7 Å². The maximum Gasteiger partial charge on any atom is 0.273 e. The summed E-state index contributed by atoms with van der Waals surface area (Å²) in [4.78, 5) is 29.6. The number of nitrogens with zero attached hydrogens (tertiary/aromatic N) is 2. The van der Waals surface area contributed by atoms with Crippen LogP contribution in [0.1, 0.15) is 24.3 Å². The number of piperazine rings is 1. The molecule has 2 N–H and O–H groups in total. The zero-order valence-electron chi connectivity index (χ0n) is 11.1. The fraction of sp³-hybridized carbons (Fsp3) is 0.462. The van der Waals surface area contributed by atoms with Gasteiger partial charge in [0.15, 0.2) is 0 Å². The Kier molecular flexibility index (Phi) is 3.99. The molecule has 0 bridgehead atoms. The summed E-state index contributed by atoms with van der Waals surface area (Å²) in [5.41, 5.74) is 1.22. The molecule has 19 heavy (non-hydrogen) atoms. The van der Waals surface area contributed by atoms with Crippen LogP contribution in [0.3, 0.4) is 0 Å². The van der Waals surface area contributed by atoms with Gasteiger partial charge in [-0.1, -0.05) is 0 Å². The summed E-state index contributed by atoms with van der Waals surface area (Å²) >= 11 is 0. The van der Waals surface area contributed by atoms with E-state index in [1.165, 1.54) is 0 Å². The van der Waals surface area contributed by atoms with Crippen LogP contribution in [0.25, 0.3) is 0 Å². The number of amides is 2. The Hall–Kier alpha value is -2.11. The molecule has 2 heterocycles. The normalized spacial score (nSPS) is 18.9. The molecule has 0 aliphatic carbocycles. The molecular weight excluding hydrogens is 244 g/mol. The Morgan fingerprint density at radius 2 is 2.42 bits per heavy atom. The smallest absolute Gasteiger partial charge is 0.273 e. The quantitative estimate of drug-likeness (QED) is 0.830. The van der Waals surface area contributed by atoms with Crippen LogP contribution in [-0.2, 0) is 4.79 Å². The van der Waals surface area contributed by atoms with Gasteiger partial charge in [-0.15, -0.1) is 0 Å². The van der Waals surface area contributed by atoms with Crippen LogP contribution >= 0.6 is 0 Å². The predicted octanol–water partition coefficient (Wildman–Crippen LogP) is 0.474. The van der Waals surface area contributed by atoms with E-state index in [1.54, 1.807) is 24.1 Å². The number of rotatable bonds is 3. The third kappa shape index (κ3) is 2.83. The van der Waals surface area contributed by atoms with Gasteiger partial charge in [0.25, 0.3) is 5.91 Å². The fourth-order valence-electron chi connectivity index (χ4n) is 2.07. The molecule has 1 fully saturated rings. The molecule has 6 heteroatoms. The molecule has 0 aromatic carbocycles. The Bertz CT molecular complexity index is 489. The lowest BCUT2D eigenvalue weighted by Gasteiger charge is -2.32. The lowest BCUT2D eigenvalue weighted by molar-refractivity contribution is -0.127. The summed E-state index contributed by atoms with van der Waals surface area (Å²) in [7, 11) is 0. The van der Waals surface area contributed by atoms with Gasteiger partial charge in [-0.3, -0.25) is 14.6 Å². The zero-order valence-corrected chi connectivity index (χ0v) is 11.1. The summed E-state index contributed by atoms with van der Waals surface area (Å²) in [5, 5.41) is 5.87. The lowest BCUT2D eigenvalue weighted by Crippen LogP contribution is -2.55.